The van der Waals surface area contributed by atoms with E-state index in [-0.39, 0.29) is 29.8 Å². The van der Waals surface area contributed by atoms with Crippen molar-refractivity contribution >= 4 is 35.6 Å². The van der Waals surface area contributed by atoms with Gasteiger partial charge in [0.05, 0.1) is 24.9 Å². The largest absolute Gasteiger partial charge is 0.495 e. The van der Waals surface area contributed by atoms with Crippen LogP contribution < -0.4 is 20.5 Å². The highest BCUT2D eigenvalue weighted by molar-refractivity contribution is 6.32. The van der Waals surface area contributed by atoms with E-state index < -0.39 is 0 Å². The average molecular weight is 406 g/mol. The number of nitrogens with one attached hydrogen (secondary N) is 1. The Bertz CT molecular complexity index is 626. The molecular formula is C18H29Cl2N3O3. The molecule has 2 rings (SSSR count). The van der Waals surface area contributed by atoms with Crippen LogP contribution >= 0.6 is 24.0 Å². The number of amides is 1. The SMILES string of the molecule is COc1cc(NC(=O)CCN2CCC(N)C(C)(C)C2)c(OC)cc1Cl.Cl. The summed E-state index contributed by atoms with van der Waals surface area (Å²) in [6.45, 7) is 6.88. The van der Waals surface area contributed by atoms with E-state index in [9.17, 15) is 4.79 Å². The number of anilines is 1. The molecule has 1 saturated heterocycles. The van der Waals surface area contributed by atoms with Crippen LogP contribution in [-0.2, 0) is 4.79 Å². The number of hydrogen-bond acceptors (Lipinski definition) is 5. The van der Waals surface area contributed by atoms with Crippen molar-refractivity contribution in [3.63, 3.8) is 0 Å². The van der Waals surface area contributed by atoms with Crippen LogP contribution in [0.5, 0.6) is 11.5 Å². The first-order valence-corrected chi connectivity index (χ1v) is 8.84. The fourth-order valence-corrected chi connectivity index (χ4v) is 3.34. The number of methoxy groups -OCH3 is 2. The number of ether oxygens (including phenoxy) is 2. The van der Waals surface area contributed by atoms with Crippen LogP contribution in [0.1, 0.15) is 26.7 Å². The number of hydrogen-bond donors (Lipinski definition) is 2. The zero-order valence-corrected chi connectivity index (χ0v) is 17.4. The second-order valence-corrected chi connectivity index (χ2v) is 7.55. The standard InChI is InChI=1S/C18H28ClN3O3.ClH/c1-18(2)11-22(7-5-16(18)20)8-6-17(23)21-13-10-14(24-3)12(19)9-15(13)25-4;/h9-10,16H,5-8,11,20H2,1-4H3,(H,21,23);1H. The van der Waals surface area contributed by atoms with E-state index in [0.29, 0.717) is 35.2 Å². The first-order chi connectivity index (χ1) is 11.8. The van der Waals surface area contributed by atoms with Crippen molar-refractivity contribution < 1.29 is 14.3 Å². The van der Waals surface area contributed by atoms with Crippen LogP contribution in [0.2, 0.25) is 5.02 Å². The fraction of sp³-hybridized carbons (Fsp3) is 0.611. The number of benzene rings is 1. The van der Waals surface area contributed by atoms with Crippen molar-refractivity contribution in [1.29, 1.82) is 0 Å². The molecule has 1 aromatic carbocycles. The predicted octanol–water partition coefficient (Wildman–Crippen LogP) is 3.17. The predicted molar refractivity (Wildman–Crippen MR) is 108 cm³/mol. The van der Waals surface area contributed by atoms with Crippen molar-refractivity contribution in [3.8, 4) is 11.5 Å². The van der Waals surface area contributed by atoms with E-state index in [1.807, 2.05) is 0 Å². The molecule has 0 spiro atoms. The molecule has 148 valence electrons. The number of likely N-dealkylation sites (tertiary alicyclic amines) is 1. The van der Waals surface area contributed by atoms with E-state index in [2.05, 4.69) is 24.1 Å². The summed E-state index contributed by atoms with van der Waals surface area (Å²) in [5.74, 6) is 0.920. The molecule has 1 atom stereocenters. The molecule has 1 amide bonds. The number of rotatable bonds is 6. The molecule has 3 N–H and O–H groups in total. The number of nitrogens with zero attached hydrogens (tertiary/aromatic N) is 1. The molecule has 0 aliphatic carbocycles. The maximum atomic E-state index is 12.3. The van der Waals surface area contributed by atoms with Gasteiger partial charge in [-0.2, -0.15) is 0 Å². The van der Waals surface area contributed by atoms with Crippen LogP contribution in [0.25, 0.3) is 0 Å². The summed E-state index contributed by atoms with van der Waals surface area (Å²) in [5.41, 5.74) is 6.78. The molecule has 1 heterocycles. The first kappa shape index (κ1) is 22.8. The molecule has 0 saturated carbocycles. The molecule has 1 aliphatic heterocycles. The van der Waals surface area contributed by atoms with Crippen LogP contribution in [0, 0.1) is 5.41 Å². The molecule has 0 bridgehead atoms. The van der Waals surface area contributed by atoms with E-state index in [1.54, 1.807) is 12.1 Å². The van der Waals surface area contributed by atoms with Gasteiger partial charge >= 0.3 is 0 Å². The lowest BCUT2D eigenvalue weighted by molar-refractivity contribution is -0.116. The zero-order chi connectivity index (χ0) is 18.6. The molecule has 0 radical (unpaired) electrons. The summed E-state index contributed by atoms with van der Waals surface area (Å²) < 4.78 is 10.5. The Hall–Kier alpha value is -1.21. The van der Waals surface area contributed by atoms with Crippen LogP contribution in [-0.4, -0.2) is 50.7 Å². The Morgan fingerprint density at radius 1 is 1.35 bits per heavy atom. The summed E-state index contributed by atoms with van der Waals surface area (Å²) in [4.78, 5) is 14.6. The van der Waals surface area contributed by atoms with Crippen molar-refractivity contribution in [3.05, 3.63) is 17.2 Å². The average Bonchev–Trinajstić information content (AvgIpc) is 2.57. The van der Waals surface area contributed by atoms with Gasteiger partial charge in [-0.15, -0.1) is 12.4 Å². The number of carbonyl (C=O) groups excluding carboxylic acids is 1. The Kier molecular flexibility index (Phi) is 8.47. The summed E-state index contributed by atoms with van der Waals surface area (Å²) in [5, 5.41) is 3.31. The molecule has 1 aliphatic rings. The van der Waals surface area contributed by atoms with Gasteiger partial charge in [-0.05, 0) is 18.4 Å². The third-order valence-electron chi connectivity index (χ3n) is 4.79. The van der Waals surface area contributed by atoms with E-state index >= 15 is 0 Å². The highest BCUT2D eigenvalue weighted by atomic mass is 35.5. The van der Waals surface area contributed by atoms with Gasteiger partial charge in [0, 0.05) is 37.7 Å². The fourth-order valence-electron chi connectivity index (χ4n) is 3.11. The Morgan fingerprint density at radius 3 is 2.58 bits per heavy atom. The van der Waals surface area contributed by atoms with Gasteiger partial charge < -0.3 is 25.4 Å². The van der Waals surface area contributed by atoms with Gasteiger partial charge in [0.25, 0.3) is 0 Å². The van der Waals surface area contributed by atoms with E-state index in [0.717, 1.165) is 19.5 Å². The number of nitrogens with two attached hydrogens (primary N) is 1. The summed E-state index contributed by atoms with van der Waals surface area (Å²) in [6.07, 6.45) is 1.36. The summed E-state index contributed by atoms with van der Waals surface area (Å²) in [7, 11) is 3.06. The lowest BCUT2D eigenvalue weighted by Gasteiger charge is -2.42. The van der Waals surface area contributed by atoms with Crippen LogP contribution in [0.4, 0.5) is 5.69 Å². The summed E-state index contributed by atoms with van der Waals surface area (Å²) in [6, 6.07) is 3.51. The molecule has 1 unspecified atom stereocenters. The van der Waals surface area contributed by atoms with E-state index in [1.165, 1.54) is 14.2 Å². The second kappa shape index (κ2) is 9.65. The normalized spacial score (nSPS) is 19.4. The third-order valence-corrected chi connectivity index (χ3v) is 5.09. The second-order valence-electron chi connectivity index (χ2n) is 7.15. The minimum absolute atomic E-state index is 0. The van der Waals surface area contributed by atoms with Crippen molar-refractivity contribution in [2.45, 2.75) is 32.7 Å². The molecule has 1 fully saturated rings. The monoisotopic (exact) mass is 405 g/mol. The molecule has 1 aromatic rings. The van der Waals surface area contributed by atoms with Gasteiger partial charge in [0.15, 0.2) is 0 Å². The smallest absolute Gasteiger partial charge is 0.225 e. The number of piperidine rings is 1. The topological polar surface area (TPSA) is 76.8 Å². The first-order valence-electron chi connectivity index (χ1n) is 8.46. The van der Waals surface area contributed by atoms with Crippen LogP contribution in [0.15, 0.2) is 12.1 Å². The minimum Gasteiger partial charge on any atom is -0.495 e. The quantitative estimate of drug-likeness (QED) is 0.759. The highest BCUT2D eigenvalue weighted by Gasteiger charge is 2.33. The van der Waals surface area contributed by atoms with Gasteiger partial charge in [0.2, 0.25) is 5.91 Å². The van der Waals surface area contributed by atoms with E-state index in [4.69, 9.17) is 26.8 Å². The third kappa shape index (κ3) is 5.64. The van der Waals surface area contributed by atoms with Gasteiger partial charge in [0.1, 0.15) is 11.5 Å². The lowest BCUT2D eigenvalue weighted by atomic mass is 9.80. The Balaban J connectivity index is 0.00000338. The van der Waals surface area contributed by atoms with Crippen molar-refractivity contribution in [1.82, 2.24) is 4.90 Å². The molecule has 26 heavy (non-hydrogen) atoms. The highest BCUT2D eigenvalue weighted by Crippen LogP contribution is 2.36. The number of halogens is 2. The summed E-state index contributed by atoms with van der Waals surface area (Å²) >= 11 is 6.08. The van der Waals surface area contributed by atoms with Crippen molar-refractivity contribution in [2.24, 2.45) is 11.1 Å². The van der Waals surface area contributed by atoms with Crippen molar-refractivity contribution in [2.75, 3.05) is 39.2 Å². The molecule has 0 aromatic heterocycles. The number of carbonyl (C=O) groups is 1. The maximum Gasteiger partial charge on any atom is 0.225 e. The van der Waals surface area contributed by atoms with Gasteiger partial charge in [-0.3, -0.25) is 4.79 Å². The lowest BCUT2D eigenvalue weighted by Crippen LogP contribution is -2.52. The van der Waals surface area contributed by atoms with Gasteiger partial charge in [-0.1, -0.05) is 25.4 Å². The Labute approximate surface area is 166 Å². The minimum atomic E-state index is -0.0737. The maximum absolute atomic E-state index is 12.3. The zero-order valence-electron chi connectivity index (χ0n) is 15.8. The van der Waals surface area contributed by atoms with Gasteiger partial charge in [-0.25, -0.2) is 0 Å². The molecular weight excluding hydrogens is 377 g/mol. The molecule has 6 nitrogen and oxygen atoms in total. The Morgan fingerprint density at radius 2 is 2.00 bits per heavy atom. The molecule has 8 heteroatoms. The van der Waals surface area contributed by atoms with Crippen LogP contribution in [0.3, 0.4) is 0 Å².